The maximum absolute atomic E-state index is 13.6. The molecule has 2 rings (SSSR count). The van der Waals surface area contributed by atoms with E-state index in [4.69, 9.17) is 0 Å². The second-order valence-corrected chi connectivity index (χ2v) is 3.77. The third-order valence-corrected chi connectivity index (χ3v) is 2.75. The van der Waals surface area contributed by atoms with Crippen molar-refractivity contribution in [3.63, 3.8) is 0 Å². The van der Waals surface area contributed by atoms with Crippen LogP contribution in [0.3, 0.4) is 0 Å². The van der Waals surface area contributed by atoms with Crippen molar-refractivity contribution in [1.29, 1.82) is 0 Å². The number of imidazole rings is 1. The third kappa shape index (κ3) is 1.52. The number of halogens is 1. The Hall–Kier alpha value is -1.38. The fourth-order valence-electron chi connectivity index (χ4n) is 1.90. The van der Waals surface area contributed by atoms with Crippen LogP contribution in [0.1, 0.15) is 30.8 Å². The number of hydrogen-bond donors (Lipinski definition) is 1. The Bertz CT molecular complexity index is 500. The van der Waals surface area contributed by atoms with Crippen molar-refractivity contribution in [1.82, 2.24) is 9.97 Å². The van der Waals surface area contributed by atoms with Gasteiger partial charge in [0.05, 0.1) is 11.0 Å². The molecule has 1 N–H and O–H groups in total. The molecule has 0 radical (unpaired) electrons. The van der Waals surface area contributed by atoms with Crippen molar-refractivity contribution in [3.8, 4) is 0 Å². The average Bonchev–Trinajstić information content (AvgIpc) is 2.62. The molecular formula is C12H15FN2. The Balaban J connectivity index is 2.81. The fraction of sp³-hybridized carbons (Fsp3) is 0.417. The number of rotatable bonds is 2. The minimum absolute atomic E-state index is 0.131. The van der Waals surface area contributed by atoms with Gasteiger partial charge in [-0.3, -0.25) is 0 Å². The highest BCUT2D eigenvalue weighted by molar-refractivity contribution is 5.82. The molecule has 0 atom stereocenters. The zero-order valence-corrected chi connectivity index (χ0v) is 9.32. The molecule has 0 saturated heterocycles. The summed E-state index contributed by atoms with van der Waals surface area (Å²) in [6.45, 7) is 5.89. The molecule has 3 heteroatoms. The molecule has 0 fully saturated rings. The van der Waals surface area contributed by atoms with Crippen molar-refractivity contribution in [2.75, 3.05) is 0 Å². The molecule has 15 heavy (non-hydrogen) atoms. The lowest BCUT2D eigenvalue weighted by molar-refractivity contribution is 0.613. The molecule has 0 amide bonds. The SMILES string of the molecule is CCc1nc2c(C)cc(F)c(CC)c2[nH]1. The highest BCUT2D eigenvalue weighted by atomic mass is 19.1. The van der Waals surface area contributed by atoms with E-state index in [-0.39, 0.29) is 5.82 Å². The van der Waals surface area contributed by atoms with Gasteiger partial charge in [-0.15, -0.1) is 0 Å². The standard InChI is InChI=1S/C12H15FN2/c1-4-8-9(13)6-7(3)11-12(8)15-10(5-2)14-11/h6H,4-5H2,1-3H3,(H,14,15). The van der Waals surface area contributed by atoms with Crippen LogP contribution in [-0.4, -0.2) is 9.97 Å². The topological polar surface area (TPSA) is 28.7 Å². The number of benzene rings is 1. The van der Waals surface area contributed by atoms with Gasteiger partial charge in [-0.1, -0.05) is 13.8 Å². The minimum Gasteiger partial charge on any atom is -0.342 e. The molecule has 1 heterocycles. The van der Waals surface area contributed by atoms with Gasteiger partial charge in [-0.05, 0) is 25.0 Å². The van der Waals surface area contributed by atoms with Crippen LogP contribution in [0, 0.1) is 12.7 Å². The molecule has 0 aliphatic heterocycles. The molecule has 1 aromatic heterocycles. The number of aromatic nitrogens is 2. The van der Waals surface area contributed by atoms with Gasteiger partial charge in [0.25, 0.3) is 0 Å². The Morgan fingerprint density at radius 3 is 2.67 bits per heavy atom. The Kier molecular flexibility index (Phi) is 2.47. The first-order valence-electron chi connectivity index (χ1n) is 5.33. The zero-order chi connectivity index (χ0) is 11.0. The summed E-state index contributed by atoms with van der Waals surface area (Å²) in [6, 6.07) is 1.57. The number of aromatic amines is 1. The van der Waals surface area contributed by atoms with Gasteiger partial charge in [0.1, 0.15) is 11.6 Å². The lowest BCUT2D eigenvalue weighted by Crippen LogP contribution is -1.92. The lowest BCUT2D eigenvalue weighted by atomic mass is 10.1. The summed E-state index contributed by atoms with van der Waals surface area (Å²) in [5, 5.41) is 0. The molecule has 2 aromatic rings. The maximum Gasteiger partial charge on any atom is 0.128 e. The van der Waals surface area contributed by atoms with Crippen LogP contribution < -0.4 is 0 Å². The number of fused-ring (bicyclic) bond motifs is 1. The average molecular weight is 206 g/mol. The smallest absolute Gasteiger partial charge is 0.128 e. The van der Waals surface area contributed by atoms with Crippen molar-refractivity contribution in [3.05, 3.63) is 28.8 Å². The number of nitrogens with zero attached hydrogens (tertiary/aromatic N) is 1. The third-order valence-electron chi connectivity index (χ3n) is 2.75. The summed E-state index contributed by atoms with van der Waals surface area (Å²) in [5.74, 6) is 0.794. The highest BCUT2D eigenvalue weighted by Crippen LogP contribution is 2.24. The quantitative estimate of drug-likeness (QED) is 0.803. The van der Waals surface area contributed by atoms with E-state index >= 15 is 0 Å². The van der Waals surface area contributed by atoms with E-state index in [1.54, 1.807) is 6.07 Å². The summed E-state index contributed by atoms with van der Waals surface area (Å²) in [4.78, 5) is 7.65. The fourth-order valence-corrected chi connectivity index (χ4v) is 1.90. The Morgan fingerprint density at radius 1 is 1.33 bits per heavy atom. The molecule has 2 nitrogen and oxygen atoms in total. The monoisotopic (exact) mass is 206 g/mol. The Labute approximate surface area is 88.5 Å². The van der Waals surface area contributed by atoms with Gasteiger partial charge in [0.15, 0.2) is 0 Å². The molecule has 1 aromatic carbocycles. The van der Waals surface area contributed by atoms with Gasteiger partial charge in [-0.2, -0.15) is 0 Å². The summed E-state index contributed by atoms with van der Waals surface area (Å²) in [5.41, 5.74) is 3.41. The zero-order valence-electron chi connectivity index (χ0n) is 9.32. The molecule has 0 spiro atoms. The van der Waals surface area contributed by atoms with Gasteiger partial charge in [0, 0.05) is 12.0 Å². The van der Waals surface area contributed by atoms with E-state index in [1.165, 1.54) is 0 Å². The number of aryl methyl sites for hydroxylation is 3. The van der Waals surface area contributed by atoms with Crippen molar-refractivity contribution < 1.29 is 4.39 Å². The van der Waals surface area contributed by atoms with E-state index < -0.39 is 0 Å². The number of nitrogens with one attached hydrogen (secondary N) is 1. The predicted octanol–water partition coefficient (Wildman–Crippen LogP) is 3.14. The summed E-state index contributed by atoms with van der Waals surface area (Å²) in [6.07, 6.45) is 1.53. The second-order valence-electron chi connectivity index (χ2n) is 3.77. The molecule has 0 aliphatic rings. The molecule has 0 bridgehead atoms. The first-order chi connectivity index (χ1) is 7.17. The van der Waals surface area contributed by atoms with Crippen LogP contribution >= 0.6 is 0 Å². The van der Waals surface area contributed by atoms with E-state index in [0.717, 1.165) is 34.4 Å². The van der Waals surface area contributed by atoms with Gasteiger partial charge in [-0.25, -0.2) is 9.37 Å². The lowest BCUT2D eigenvalue weighted by Gasteiger charge is -2.03. The Morgan fingerprint density at radius 2 is 2.07 bits per heavy atom. The second kappa shape index (κ2) is 3.65. The van der Waals surface area contributed by atoms with Crippen LogP contribution in [0.4, 0.5) is 4.39 Å². The minimum atomic E-state index is -0.131. The normalized spacial score (nSPS) is 11.2. The predicted molar refractivity (Wildman–Crippen MR) is 59.5 cm³/mol. The van der Waals surface area contributed by atoms with Crippen molar-refractivity contribution in [2.24, 2.45) is 0 Å². The van der Waals surface area contributed by atoms with Crippen molar-refractivity contribution in [2.45, 2.75) is 33.6 Å². The van der Waals surface area contributed by atoms with Gasteiger partial charge in [0.2, 0.25) is 0 Å². The molecular weight excluding hydrogens is 191 g/mol. The molecule has 0 aliphatic carbocycles. The van der Waals surface area contributed by atoms with E-state index in [9.17, 15) is 4.39 Å². The first-order valence-corrected chi connectivity index (χ1v) is 5.33. The molecule has 0 unspecified atom stereocenters. The largest absolute Gasteiger partial charge is 0.342 e. The van der Waals surface area contributed by atoms with Crippen LogP contribution in [0.5, 0.6) is 0 Å². The number of hydrogen-bond acceptors (Lipinski definition) is 1. The van der Waals surface area contributed by atoms with Crippen LogP contribution in [0.15, 0.2) is 6.07 Å². The number of H-pyrrole nitrogens is 1. The van der Waals surface area contributed by atoms with Gasteiger partial charge < -0.3 is 4.98 Å². The summed E-state index contributed by atoms with van der Waals surface area (Å²) >= 11 is 0. The summed E-state index contributed by atoms with van der Waals surface area (Å²) in [7, 11) is 0. The van der Waals surface area contributed by atoms with Crippen LogP contribution in [0.2, 0.25) is 0 Å². The maximum atomic E-state index is 13.6. The van der Waals surface area contributed by atoms with Crippen LogP contribution in [0.25, 0.3) is 11.0 Å². The van der Waals surface area contributed by atoms with Crippen LogP contribution in [-0.2, 0) is 12.8 Å². The van der Waals surface area contributed by atoms with Crippen molar-refractivity contribution >= 4 is 11.0 Å². The van der Waals surface area contributed by atoms with E-state index in [0.29, 0.717) is 6.42 Å². The highest BCUT2D eigenvalue weighted by Gasteiger charge is 2.12. The molecule has 0 saturated carbocycles. The molecule has 80 valence electrons. The first kappa shape index (κ1) is 10.1. The van der Waals surface area contributed by atoms with E-state index in [1.807, 2.05) is 20.8 Å². The van der Waals surface area contributed by atoms with Gasteiger partial charge >= 0.3 is 0 Å². The summed E-state index contributed by atoms with van der Waals surface area (Å²) < 4.78 is 13.6. The van der Waals surface area contributed by atoms with E-state index in [2.05, 4.69) is 9.97 Å².